The number of hydrogen-bond acceptors (Lipinski definition) is 6. The van der Waals surface area contributed by atoms with Gasteiger partial charge in [0.25, 0.3) is 0 Å². The zero-order valence-corrected chi connectivity index (χ0v) is 17.4. The summed E-state index contributed by atoms with van der Waals surface area (Å²) in [6.07, 6.45) is 0.903. The number of aromatic nitrogens is 6. The van der Waals surface area contributed by atoms with Crippen LogP contribution in [0.3, 0.4) is 0 Å². The van der Waals surface area contributed by atoms with Gasteiger partial charge >= 0.3 is 6.18 Å². The number of aromatic amines is 1. The van der Waals surface area contributed by atoms with Crippen LogP contribution in [0.1, 0.15) is 18.8 Å². The zero-order chi connectivity index (χ0) is 22.9. The first-order valence-corrected chi connectivity index (χ1v) is 9.94. The maximum absolute atomic E-state index is 12.6. The molecular weight excluding hydrogens is 425 g/mol. The van der Waals surface area contributed by atoms with Crippen molar-refractivity contribution in [2.24, 2.45) is 0 Å². The molecule has 1 unspecified atom stereocenters. The summed E-state index contributed by atoms with van der Waals surface area (Å²) in [4.78, 5) is 33.4. The van der Waals surface area contributed by atoms with Crippen LogP contribution in [0.15, 0.2) is 30.7 Å². The van der Waals surface area contributed by atoms with Crippen LogP contribution in [0.2, 0.25) is 0 Å². The molecular formula is C20H21F3N8O. The smallest absolute Gasteiger partial charge is 0.345 e. The highest BCUT2D eigenvalue weighted by molar-refractivity contribution is 5.92. The molecule has 4 aromatic rings. The number of hydrogen-bond donors (Lipinski definition) is 3. The normalized spacial score (nSPS) is 13.0. The topological polar surface area (TPSA) is 113 Å². The van der Waals surface area contributed by atoms with E-state index >= 15 is 0 Å². The molecule has 12 heteroatoms. The van der Waals surface area contributed by atoms with E-state index in [0.717, 1.165) is 5.39 Å². The van der Waals surface area contributed by atoms with Crippen molar-refractivity contribution in [3.8, 4) is 11.4 Å². The first kappa shape index (κ1) is 21.7. The third kappa shape index (κ3) is 4.26. The first-order valence-electron chi connectivity index (χ1n) is 9.94. The summed E-state index contributed by atoms with van der Waals surface area (Å²) in [5.74, 6) is 0.140. The zero-order valence-electron chi connectivity index (χ0n) is 17.4. The Bertz CT molecular complexity index is 1260. The summed E-state index contributed by atoms with van der Waals surface area (Å²) >= 11 is 0. The minimum Gasteiger partial charge on any atom is -0.345 e. The molecule has 0 spiro atoms. The summed E-state index contributed by atoms with van der Waals surface area (Å²) < 4.78 is 39.3. The molecule has 3 N–H and O–H groups in total. The van der Waals surface area contributed by atoms with Crippen LogP contribution in [-0.4, -0.2) is 61.7 Å². The van der Waals surface area contributed by atoms with Crippen LogP contribution in [0, 0.1) is 0 Å². The third-order valence-electron chi connectivity index (χ3n) is 5.03. The van der Waals surface area contributed by atoms with Crippen LogP contribution < -0.4 is 10.6 Å². The summed E-state index contributed by atoms with van der Waals surface area (Å²) in [5, 5.41) is 5.77. The van der Waals surface area contributed by atoms with Crippen LogP contribution in [0.25, 0.3) is 33.6 Å². The van der Waals surface area contributed by atoms with Gasteiger partial charge in [-0.1, -0.05) is 0 Å². The average Bonchev–Trinajstić information content (AvgIpc) is 3.35. The molecule has 1 atom stereocenters. The second kappa shape index (κ2) is 8.54. The Hall–Kier alpha value is -3.54. The maximum atomic E-state index is 12.6. The van der Waals surface area contributed by atoms with E-state index in [2.05, 4.69) is 30.2 Å². The van der Waals surface area contributed by atoms with Crippen molar-refractivity contribution in [1.82, 2.24) is 40.1 Å². The fourth-order valence-electron chi connectivity index (χ4n) is 3.48. The SMILES string of the molecule is CNCCc1nc2cnc(-c3c[nH]c4ncccc34)nc2n1C(C)C(=O)NCC(F)(F)F. The molecule has 0 saturated heterocycles. The van der Waals surface area contributed by atoms with Crippen LogP contribution in [0.5, 0.6) is 0 Å². The van der Waals surface area contributed by atoms with Gasteiger partial charge in [0, 0.05) is 36.3 Å². The van der Waals surface area contributed by atoms with Crippen molar-refractivity contribution >= 4 is 28.1 Å². The number of amides is 1. The summed E-state index contributed by atoms with van der Waals surface area (Å²) in [6.45, 7) is 0.680. The average molecular weight is 446 g/mol. The first-order chi connectivity index (χ1) is 15.3. The Balaban J connectivity index is 1.78. The van der Waals surface area contributed by atoms with E-state index < -0.39 is 24.7 Å². The Morgan fingerprint density at radius 1 is 1.28 bits per heavy atom. The molecule has 0 aliphatic rings. The molecule has 0 fully saturated rings. The number of H-pyrrole nitrogens is 1. The molecule has 0 radical (unpaired) electrons. The lowest BCUT2D eigenvalue weighted by Crippen LogP contribution is -2.38. The highest BCUT2D eigenvalue weighted by Crippen LogP contribution is 2.27. The van der Waals surface area contributed by atoms with E-state index in [4.69, 9.17) is 0 Å². The number of alkyl halides is 3. The van der Waals surface area contributed by atoms with Crippen LogP contribution in [0.4, 0.5) is 13.2 Å². The van der Waals surface area contributed by atoms with E-state index in [1.807, 2.05) is 11.4 Å². The summed E-state index contributed by atoms with van der Waals surface area (Å²) in [5.41, 5.74) is 2.21. The monoisotopic (exact) mass is 446 g/mol. The highest BCUT2D eigenvalue weighted by atomic mass is 19.4. The van der Waals surface area contributed by atoms with Crippen molar-refractivity contribution in [3.05, 3.63) is 36.5 Å². The van der Waals surface area contributed by atoms with Gasteiger partial charge in [0.1, 0.15) is 29.6 Å². The van der Waals surface area contributed by atoms with Crippen molar-refractivity contribution in [3.63, 3.8) is 0 Å². The van der Waals surface area contributed by atoms with Gasteiger partial charge < -0.3 is 20.2 Å². The Labute approximate surface area is 180 Å². The lowest BCUT2D eigenvalue weighted by Gasteiger charge is -2.18. The molecule has 9 nitrogen and oxygen atoms in total. The van der Waals surface area contributed by atoms with Gasteiger partial charge in [-0.3, -0.25) is 4.79 Å². The van der Waals surface area contributed by atoms with Gasteiger partial charge in [0.05, 0.1) is 6.20 Å². The largest absolute Gasteiger partial charge is 0.405 e. The number of halogens is 3. The van der Waals surface area contributed by atoms with E-state index in [0.29, 0.717) is 47.0 Å². The number of nitrogens with one attached hydrogen (secondary N) is 3. The summed E-state index contributed by atoms with van der Waals surface area (Å²) in [7, 11) is 1.77. The summed E-state index contributed by atoms with van der Waals surface area (Å²) in [6, 6.07) is 2.72. The van der Waals surface area contributed by atoms with Crippen molar-refractivity contribution < 1.29 is 18.0 Å². The fraction of sp³-hybridized carbons (Fsp3) is 0.350. The van der Waals surface area contributed by atoms with E-state index in [1.54, 1.807) is 36.3 Å². The minimum absolute atomic E-state index is 0.369. The Kier molecular flexibility index (Phi) is 5.78. The molecule has 0 aliphatic carbocycles. The number of rotatable bonds is 7. The molecule has 4 aromatic heterocycles. The van der Waals surface area contributed by atoms with Crippen molar-refractivity contribution in [2.75, 3.05) is 20.1 Å². The number of carbonyl (C=O) groups is 1. The standard InChI is InChI=1S/C20H21F3N8O/c1-11(19(32)28-10-20(21,22)23)31-15(5-7-24-2)29-14-9-27-17(30-18(14)31)13-8-26-16-12(13)4-3-6-25-16/h3-4,6,8-9,11,24H,5,7,10H2,1-2H3,(H,25,26)(H,28,32). The molecule has 0 aliphatic heterocycles. The Morgan fingerprint density at radius 3 is 2.84 bits per heavy atom. The lowest BCUT2D eigenvalue weighted by atomic mass is 10.2. The molecule has 1 amide bonds. The van der Waals surface area contributed by atoms with Gasteiger partial charge in [-0.2, -0.15) is 13.2 Å². The van der Waals surface area contributed by atoms with E-state index in [-0.39, 0.29) is 0 Å². The molecule has 0 bridgehead atoms. The predicted octanol–water partition coefficient (Wildman–Crippen LogP) is 2.37. The van der Waals surface area contributed by atoms with Gasteiger partial charge in [-0.05, 0) is 26.1 Å². The maximum Gasteiger partial charge on any atom is 0.405 e. The van der Waals surface area contributed by atoms with E-state index in [9.17, 15) is 18.0 Å². The van der Waals surface area contributed by atoms with Crippen LogP contribution in [-0.2, 0) is 11.2 Å². The lowest BCUT2D eigenvalue weighted by molar-refractivity contribution is -0.140. The van der Waals surface area contributed by atoms with Gasteiger partial charge in [0.2, 0.25) is 5.91 Å². The number of carbonyl (C=O) groups excluding carboxylic acids is 1. The van der Waals surface area contributed by atoms with Crippen LogP contribution >= 0.6 is 0 Å². The third-order valence-corrected chi connectivity index (χ3v) is 5.03. The molecule has 0 saturated carbocycles. The van der Waals surface area contributed by atoms with Gasteiger partial charge in [-0.15, -0.1) is 0 Å². The second-order valence-corrected chi connectivity index (χ2v) is 7.26. The van der Waals surface area contributed by atoms with Gasteiger partial charge in [-0.25, -0.2) is 19.9 Å². The predicted molar refractivity (Wildman–Crippen MR) is 112 cm³/mol. The second-order valence-electron chi connectivity index (χ2n) is 7.26. The molecule has 4 rings (SSSR count). The van der Waals surface area contributed by atoms with Gasteiger partial charge in [0.15, 0.2) is 11.5 Å². The van der Waals surface area contributed by atoms with E-state index in [1.165, 1.54) is 6.92 Å². The van der Waals surface area contributed by atoms with Crippen molar-refractivity contribution in [2.45, 2.75) is 25.6 Å². The minimum atomic E-state index is -4.50. The number of nitrogens with zero attached hydrogens (tertiary/aromatic N) is 5. The molecule has 4 heterocycles. The number of pyridine rings is 1. The van der Waals surface area contributed by atoms with Crippen molar-refractivity contribution in [1.29, 1.82) is 0 Å². The number of imidazole rings is 1. The Morgan fingerprint density at radius 2 is 2.09 bits per heavy atom. The quantitative estimate of drug-likeness (QED) is 0.402. The molecule has 0 aromatic carbocycles. The number of fused-ring (bicyclic) bond motifs is 2. The fourth-order valence-corrected chi connectivity index (χ4v) is 3.48. The number of likely N-dealkylation sites (N-methyl/N-ethyl adjacent to an activating group) is 1. The highest BCUT2D eigenvalue weighted by Gasteiger charge is 2.30. The molecule has 168 valence electrons. The molecule has 32 heavy (non-hydrogen) atoms.